The zero-order chi connectivity index (χ0) is 17.8. The van der Waals surface area contributed by atoms with E-state index in [4.69, 9.17) is 0 Å². The van der Waals surface area contributed by atoms with Gasteiger partial charge in [0.1, 0.15) is 0 Å². The van der Waals surface area contributed by atoms with Crippen molar-refractivity contribution in [3.8, 4) is 0 Å². The number of carbonyl (C=O) groups excluding carboxylic acids is 1. The minimum absolute atomic E-state index is 0.127. The topological polar surface area (TPSA) is 20.9 Å². The number of rotatable bonds is 5. The van der Waals surface area contributed by atoms with Gasteiger partial charge >= 0.3 is 0 Å². The average Bonchev–Trinajstić information content (AvgIpc) is 2.70. The molecule has 0 saturated carbocycles. The number of hydrogen-bond acceptors (Lipinski definition) is 1. The molecule has 26 heavy (non-hydrogen) atoms. The molecule has 2 heteroatoms. The van der Waals surface area contributed by atoms with Gasteiger partial charge in [-0.1, -0.05) is 72.8 Å². The summed E-state index contributed by atoms with van der Waals surface area (Å²) in [5.41, 5.74) is 3.31. The molecule has 0 unspecified atom stereocenters. The monoisotopic (exact) mass is 338 g/mol. The van der Waals surface area contributed by atoms with Crippen molar-refractivity contribution < 1.29 is 9.36 Å². The number of carbonyl (C=O) groups is 1. The summed E-state index contributed by atoms with van der Waals surface area (Å²) in [5, 5.41) is 2.11. The van der Waals surface area contributed by atoms with Gasteiger partial charge in [0.2, 0.25) is 12.3 Å². The number of aromatic nitrogens is 1. The van der Waals surface area contributed by atoms with Gasteiger partial charge in [0, 0.05) is 17.7 Å². The molecule has 0 fully saturated rings. The van der Waals surface area contributed by atoms with Crippen molar-refractivity contribution in [1.29, 1.82) is 0 Å². The highest BCUT2D eigenvalue weighted by Crippen LogP contribution is 2.19. The van der Waals surface area contributed by atoms with Crippen molar-refractivity contribution in [1.82, 2.24) is 0 Å². The Morgan fingerprint density at radius 1 is 0.692 bits per heavy atom. The van der Waals surface area contributed by atoms with Crippen LogP contribution in [0.4, 0.5) is 0 Å². The minimum Gasteiger partial charge on any atom is -0.287 e. The summed E-state index contributed by atoms with van der Waals surface area (Å²) in [6.07, 6.45) is 4.88. The fourth-order valence-electron chi connectivity index (χ4n) is 3.26. The molecular formula is C24H20NO+. The summed E-state index contributed by atoms with van der Waals surface area (Å²) in [5.74, 6) is 0.127. The molecule has 2 nitrogen and oxygen atoms in total. The van der Waals surface area contributed by atoms with E-state index in [1.165, 1.54) is 11.1 Å². The number of hydrogen-bond donors (Lipinski definition) is 0. The van der Waals surface area contributed by atoms with E-state index in [2.05, 4.69) is 36.4 Å². The lowest BCUT2D eigenvalue weighted by Gasteiger charge is -2.04. The van der Waals surface area contributed by atoms with Crippen molar-refractivity contribution >= 4 is 16.6 Å². The lowest BCUT2D eigenvalue weighted by atomic mass is 10.0. The zero-order valence-electron chi connectivity index (χ0n) is 14.5. The summed E-state index contributed by atoms with van der Waals surface area (Å²) in [7, 11) is 0. The highest BCUT2D eigenvalue weighted by molar-refractivity contribution is 6.07. The van der Waals surface area contributed by atoms with E-state index in [9.17, 15) is 4.79 Å². The van der Waals surface area contributed by atoms with E-state index in [1.807, 2.05) is 65.5 Å². The van der Waals surface area contributed by atoms with Crippen molar-refractivity contribution in [3.63, 3.8) is 0 Å². The van der Waals surface area contributed by atoms with Crippen LogP contribution in [-0.2, 0) is 13.0 Å². The first-order valence-corrected chi connectivity index (χ1v) is 8.82. The van der Waals surface area contributed by atoms with Crippen LogP contribution in [-0.4, -0.2) is 5.78 Å². The first-order chi connectivity index (χ1) is 12.8. The van der Waals surface area contributed by atoms with Gasteiger partial charge in [0.25, 0.3) is 0 Å². The van der Waals surface area contributed by atoms with E-state index >= 15 is 0 Å². The molecule has 0 aliphatic rings. The number of nitrogens with zero attached hydrogens (tertiary/aromatic N) is 1. The second-order valence-corrected chi connectivity index (χ2v) is 6.49. The fourth-order valence-corrected chi connectivity index (χ4v) is 3.26. The van der Waals surface area contributed by atoms with Crippen LogP contribution in [0.25, 0.3) is 10.8 Å². The van der Waals surface area contributed by atoms with Crippen LogP contribution in [0.2, 0.25) is 0 Å². The molecule has 0 aliphatic carbocycles. The Balaban J connectivity index is 1.51. The van der Waals surface area contributed by atoms with Gasteiger partial charge in [-0.15, -0.1) is 0 Å². The third kappa shape index (κ3) is 3.55. The quantitative estimate of drug-likeness (QED) is 0.385. The van der Waals surface area contributed by atoms with Crippen molar-refractivity contribution in [2.24, 2.45) is 0 Å². The molecule has 0 atom stereocenters. The number of benzene rings is 3. The molecule has 0 radical (unpaired) electrons. The summed E-state index contributed by atoms with van der Waals surface area (Å²) in [4.78, 5) is 12.8. The second kappa shape index (κ2) is 7.32. The summed E-state index contributed by atoms with van der Waals surface area (Å²) >= 11 is 0. The third-order valence-electron chi connectivity index (χ3n) is 4.63. The Bertz CT molecular complexity index is 1030. The normalized spacial score (nSPS) is 10.8. The lowest BCUT2D eigenvalue weighted by Crippen LogP contribution is -2.37. The molecular weight excluding hydrogens is 318 g/mol. The molecule has 4 aromatic rings. The Morgan fingerprint density at radius 2 is 1.35 bits per heavy atom. The lowest BCUT2D eigenvalue weighted by molar-refractivity contribution is -0.683. The smallest absolute Gasteiger partial charge is 0.228 e. The second-order valence-electron chi connectivity index (χ2n) is 6.49. The van der Waals surface area contributed by atoms with Crippen molar-refractivity contribution in [2.45, 2.75) is 13.0 Å². The Kier molecular flexibility index (Phi) is 4.57. The van der Waals surface area contributed by atoms with Crippen LogP contribution in [0.1, 0.15) is 21.5 Å². The molecule has 4 rings (SSSR count). The SMILES string of the molecule is O=C(C[n+]1ccc(Cc2ccccc2)cc1)c1cccc2ccccc12. The Hall–Kier alpha value is -3.26. The van der Waals surface area contributed by atoms with Gasteiger partial charge in [-0.25, -0.2) is 0 Å². The molecule has 126 valence electrons. The van der Waals surface area contributed by atoms with Crippen LogP contribution >= 0.6 is 0 Å². The van der Waals surface area contributed by atoms with Gasteiger partial charge in [-0.3, -0.25) is 4.79 Å². The van der Waals surface area contributed by atoms with Crippen molar-refractivity contribution in [3.05, 3.63) is 114 Å². The zero-order valence-corrected chi connectivity index (χ0v) is 14.5. The Morgan fingerprint density at radius 3 is 2.15 bits per heavy atom. The first-order valence-electron chi connectivity index (χ1n) is 8.82. The van der Waals surface area contributed by atoms with Gasteiger partial charge < -0.3 is 0 Å². The van der Waals surface area contributed by atoms with E-state index < -0.39 is 0 Å². The summed E-state index contributed by atoms with van der Waals surface area (Å²) in [6.45, 7) is 0.347. The van der Waals surface area contributed by atoms with Gasteiger partial charge in [-0.2, -0.15) is 4.57 Å². The molecule has 0 saturated heterocycles. The number of ketones is 1. The van der Waals surface area contributed by atoms with Gasteiger partial charge in [-0.05, 0) is 28.3 Å². The summed E-state index contributed by atoms with van der Waals surface area (Å²) < 4.78 is 1.94. The van der Waals surface area contributed by atoms with E-state index in [1.54, 1.807) is 0 Å². The molecule has 1 heterocycles. The van der Waals surface area contributed by atoms with E-state index in [0.29, 0.717) is 6.54 Å². The highest BCUT2D eigenvalue weighted by atomic mass is 16.1. The predicted octanol–water partition coefficient (Wildman–Crippen LogP) is 4.60. The van der Waals surface area contributed by atoms with Gasteiger partial charge in [0.15, 0.2) is 12.4 Å². The van der Waals surface area contributed by atoms with E-state index in [-0.39, 0.29) is 5.78 Å². The minimum atomic E-state index is 0.127. The fraction of sp³-hybridized carbons (Fsp3) is 0.0833. The largest absolute Gasteiger partial charge is 0.287 e. The number of fused-ring (bicyclic) bond motifs is 1. The van der Waals surface area contributed by atoms with Crippen LogP contribution in [0, 0.1) is 0 Å². The van der Waals surface area contributed by atoms with Crippen LogP contribution in [0.3, 0.4) is 0 Å². The van der Waals surface area contributed by atoms with Crippen LogP contribution in [0.5, 0.6) is 0 Å². The molecule has 0 amide bonds. The molecule has 0 spiro atoms. The third-order valence-corrected chi connectivity index (χ3v) is 4.63. The Labute approximate surface area is 153 Å². The molecule has 0 aliphatic heterocycles. The maximum Gasteiger partial charge on any atom is 0.228 e. The molecule has 0 N–H and O–H groups in total. The van der Waals surface area contributed by atoms with E-state index in [0.717, 1.165) is 22.8 Å². The first kappa shape index (κ1) is 16.2. The highest BCUT2D eigenvalue weighted by Gasteiger charge is 2.14. The van der Waals surface area contributed by atoms with Gasteiger partial charge in [0.05, 0.1) is 0 Å². The molecule has 0 bridgehead atoms. The maximum atomic E-state index is 12.8. The number of Topliss-reactive ketones (excluding diaryl/α,β-unsaturated/α-hetero) is 1. The number of pyridine rings is 1. The predicted molar refractivity (Wildman–Crippen MR) is 104 cm³/mol. The van der Waals surface area contributed by atoms with Crippen LogP contribution in [0.15, 0.2) is 97.3 Å². The molecule has 1 aromatic heterocycles. The standard InChI is InChI=1S/C24H20NO/c26-24(23-12-6-10-21-9-4-5-11-22(21)23)18-25-15-13-20(14-16-25)17-19-7-2-1-3-8-19/h1-16H,17-18H2/q+1. The summed E-state index contributed by atoms with van der Waals surface area (Å²) in [6, 6.07) is 28.5. The van der Waals surface area contributed by atoms with Crippen molar-refractivity contribution in [2.75, 3.05) is 0 Å². The maximum absolute atomic E-state index is 12.8. The molecule has 3 aromatic carbocycles. The average molecular weight is 338 g/mol. The van der Waals surface area contributed by atoms with Crippen LogP contribution < -0.4 is 4.57 Å².